The Labute approximate surface area is 137 Å². The minimum Gasteiger partial charge on any atom is -0.468 e. The van der Waals surface area contributed by atoms with E-state index in [-0.39, 0.29) is 5.92 Å². The van der Waals surface area contributed by atoms with Gasteiger partial charge in [0.15, 0.2) is 0 Å². The van der Waals surface area contributed by atoms with E-state index in [9.17, 15) is 4.79 Å². The first kappa shape index (κ1) is 15.9. The normalized spacial score (nSPS) is 24.3. The average Bonchev–Trinajstić information content (AvgIpc) is 3.07. The number of hydrogen-bond donors (Lipinski definition) is 0. The molecule has 1 amide bonds. The van der Waals surface area contributed by atoms with E-state index in [2.05, 4.69) is 4.90 Å². The topological polar surface area (TPSA) is 36.7 Å². The van der Waals surface area contributed by atoms with Gasteiger partial charge in [0.25, 0.3) is 0 Å². The number of furan rings is 1. The lowest BCUT2D eigenvalue weighted by Crippen LogP contribution is -2.47. The zero-order valence-electron chi connectivity index (χ0n) is 13.4. The smallest absolute Gasteiger partial charge is 0.226 e. The maximum absolute atomic E-state index is 12.8. The Morgan fingerprint density at radius 3 is 2.95 bits per heavy atom. The van der Waals surface area contributed by atoms with Crippen molar-refractivity contribution in [1.29, 1.82) is 0 Å². The van der Waals surface area contributed by atoms with Crippen LogP contribution in [0.1, 0.15) is 31.4 Å². The third kappa shape index (κ3) is 3.87. The molecule has 0 N–H and O–H groups in total. The predicted molar refractivity (Wildman–Crippen MR) is 89.8 cm³/mol. The second kappa shape index (κ2) is 7.55. The Balaban J connectivity index is 1.55. The molecule has 1 aromatic heterocycles. The van der Waals surface area contributed by atoms with Crippen molar-refractivity contribution in [2.45, 2.75) is 38.3 Å². The van der Waals surface area contributed by atoms with Gasteiger partial charge in [-0.15, -0.1) is 0 Å². The molecule has 0 aromatic carbocycles. The maximum Gasteiger partial charge on any atom is 0.226 e. The van der Waals surface area contributed by atoms with Crippen molar-refractivity contribution in [3.8, 4) is 0 Å². The Kier molecular flexibility index (Phi) is 5.47. The highest BCUT2D eigenvalue weighted by atomic mass is 32.2. The Bertz CT molecular complexity index is 471. The van der Waals surface area contributed by atoms with E-state index >= 15 is 0 Å². The minimum absolute atomic E-state index is 0.156. The number of hydrogen-bond acceptors (Lipinski definition) is 4. The zero-order valence-corrected chi connectivity index (χ0v) is 14.2. The highest BCUT2D eigenvalue weighted by molar-refractivity contribution is 7.99. The lowest BCUT2D eigenvalue weighted by molar-refractivity contribution is -0.138. The quantitative estimate of drug-likeness (QED) is 0.854. The summed E-state index contributed by atoms with van der Waals surface area (Å²) < 4.78 is 5.44. The van der Waals surface area contributed by atoms with Crippen LogP contribution in [0.5, 0.6) is 0 Å². The number of carbonyl (C=O) groups is 1. The van der Waals surface area contributed by atoms with Gasteiger partial charge >= 0.3 is 0 Å². The molecule has 2 aliphatic heterocycles. The number of thioether (sulfide) groups is 1. The van der Waals surface area contributed by atoms with E-state index in [4.69, 9.17) is 4.42 Å². The summed E-state index contributed by atoms with van der Waals surface area (Å²) in [6.45, 7) is 2.75. The van der Waals surface area contributed by atoms with Crippen LogP contribution >= 0.6 is 11.8 Å². The summed E-state index contributed by atoms with van der Waals surface area (Å²) in [5.41, 5.74) is 0. The van der Waals surface area contributed by atoms with Crippen LogP contribution in [0.3, 0.4) is 0 Å². The molecule has 0 radical (unpaired) electrons. The van der Waals surface area contributed by atoms with Crippen molar-refractivity contribution >= 4 is 17.7 Å². The summed E-state index contributed by atoms with van der Waals surface area (Å²) in [7, 11) is 2.01. The number of piperidine rings is 1. The minimum atomic E-state index is 0.156. The second-order valence-corrected chi connectivity index (χ2v) is 7.67. The molecular formula is C17H26N2O2S. The number of rotatable bonds is 4. The molecule has 2 aliphatic rings. The molecule has 1 unspecified atom stereocenters. The largest absolute Gasteiger partial charge is 0.468 e. The Morgan fingerprint density at radius 1 is 1.41 bits per heavy atom. The number of nitrogens with zero attached hydrogens (tertiary/aromatic N) is 2. The SMILES string of the molecule is CN(C(=O)C1CCCN(Cc2ccco2)C1)C1CCSCC1. The van der Waals surface area contributed by atoms with E-state index in [1.807, 2.05) is 35.8 Å². The monoisotopic (exact) mass is 322 g/mol. The number of amides is 1. The Morgan fingerprint density at radius 2 is 2.23 bits per heavy atom. The fraction of sp³-hybridized carbons (Fsp3) is 0.706. The fourth-order valence-electron chi connectivity index (χ4n) is 3.56. The molecule has 2 fully saturated rings. The average molecular weight is 322 g/mol. The van der Waals surface area contributed by atoms with Crippen LogP contribution < -0.4 is 0 Å². The van der Waals surface area contributed by atoms with Gasteiger partial charge in [0.05, 0.1) is 18.7 Å². The first-order chi connectivity index (χ1) is 10.7. The van der Waals surface area contributed by atoms with Gasteiger partial charge in [-0.2, -0.15) is 11.8 Å². The molecule has 3 heterocycles. The zero-order chi connectivity index (χ0) is 15.4. The van der Waals surface area contributed by atoms with E-state index in [1.165, 1.54) is 11.5 Å². The van der Waals surface area contributed by atoms with Crippen molar-refractivity contribution in [2.24, 2.45) is 5.92 Å². The molecule has 0 bridgehead atoms. The van der Waals surface area contributed by atoms with E-state index < -0.39 is 0 Å². The predicted octanol–water partition coefficient (Wildman–Crippen LogP) is 2.85. The van der Waals surface area contributed by atoms with Gasteiger partial charge in [-0.3, -0.25) is 9.69 Å². The second-order valence-electron chi connectivity index (χ2n) is 6.45. The summed E-state index contributed by atoms with van der Waals surface area (Å²) in [6, 6.07) is 4.39. The van der Waals surface area contributed by atoms with Crippen LogP contribution in [0.2, 0.25) is 0 Å². The fourth-order valence-corrected chi connectivity index (χ4v) is 4.65. The summed E-state index contributed by atoms with van der Waals surface area (Å²) in [4.78, 5) is 17.2. The molecular weight excluding hydrogens is 296 g/mol. The van der Waals surface area contributed by atoms with Gasteiger partial charge in [-0.05, 0) is 55.9 Å². The number of carbonyl (C=O) groups excluding carboxylic acids is 1. The van der Waals surface area contributed by atoms with E-state index in [1.54, 1.807) is 6.26 Å². The molecule has 2 saturated heterocycles. The molecule has 1 aromatic rings. The lowest BCUT2D eigenvalue weighted by atomic mass is 9.95. The highest BCUT2D eigenvalue weighted by Gasteiger charge is 2.31. The molecule has 0 aliphatic carbocycles. The van der Waals surface area contributed by atoms with Gasteiger partial charge < -0.3 is 9.32 Å². The Hall–Kier alpha value is -0.940. The molecule has 1 atom stereocenters. The standard InChI is InChI=1S/C17H26N2O2S/c1-18(15-6-10-22-11-7-15)17(20)14-4-2-8-19(12-14)13-16-5-3-9-21-16/h3,5,9,14-15H,2,4,6-8,10-13H2,1H3. The molecule has 122 valence electrons. The molecule has 0 saturated carbocycles. The molecule has 3 rings (SSSR count). The molecule has 4 nitrogen and oxygen atoms in total. The maximum atomic E-state index is 12.8. The molecule has 22 heavy (non-hydrogen) atoms. The van der Waals surface area contributed by atoms with Crippen molar-refractivity contribution in [3.63, 3.8) is 0 Å². The third-order valence-corrected chi connectivity index (χ3v) is 5.95. The van der Waals surface area contributed by atoms with E-state index in [0.717, 1.165) is 51.1 Å². The van der Waals surface area contributed by atoms with Crippen molar-refractivity contribution < 1.29 is 9.21 Å². The van der Waals surface area contributed by atoms with Crippen LogP contribution in [0.4, 0.5) is 0 Å². The van der Waals surface area contributed by atoms with Crippen LogP contribution in [-0.2, 0) is 11.3 Å². The van der Waals surface area contributed by atoms with Crippen LogP contribution in [0, 0.1) is 5.92 Å². The number of likely N-dealkylation sites (tertiary alicyclic amines) is 1. The first-order valence-corrected chi connectivity index (χ1v) is 9.48. The van der Waals surface area contributed by atoms with Gasteiger partial charge in [0.1, 0.15) is 5.76 Å². The van der Waals surface area contributed by atoms with Crippen LogP contribution in [0.15, 0.2) is 22.8 Å². The third-order valence-electron chi connectivity index (χ3n) is 4.90. The van der Waals surface area contributed by atoms with Crippen molar-refractivity contribution in [2.75, 3.05) is 31.6 Å². The van der Waals surface area contributed by atoms with E-state index in [0.29, 0.717) is 11.9 Å². The summed E-state index contributed by atoms with van der Waals surface area (Å²) in [5.74, 6) is 3.88. The van der Waals surface area contributed by atoms with Crippen molar-refractivity contribution in [3.05, 3.63) is 24.2 Å². The van der Waals surface area contributed by atoms with Gasteiger partial charge in [-0.1, -0.05) is 0 Å². The van der Waals surface area contributed by atoms with Crippen LogP contribution in [0.25, 0.3) is 0 Å². The van der Waals surface area contributed by atoms with Gasteiger partial charge in [-0.25, -0.2) is 0 Å². The lowest BCUT2D eigenvalue weighted by Gasteiger charge is -2.37. The summed E-state index contributed by atoms with van der Waals surface area (Å²) in [6.07, 6.45) is 6.15. The van der Waals surface area contributed by atoms with Crippen LogP contribution in [-0.4, -0.2) is 53.4 Å². The molecule has 5 heteroatoms. The molecule has 0 spiro atoms. The van der Waals surface area contributed by atoms with Gasteiger partial charge in [0, 0.05) is 19.6 Å². The first-order valence-electron chi connectivity index (χ1n) is 8.33. The summed E-state index contributed by atoms with van der Waals surface area (Å²) >= 11 is 2.01. The van der Waals surface area contributed by atoms with Crippen molar-refractivity contribution in [1.82, 2.24) is 9.80 Å². The van der Waals surface area contributed by atoms with Gasteiger partial charge in [0.2, 0.25) is 5.91 Å². The summed E-state index contributed by atoms with van der Waals surface area (Å²) in [5, 5.41) is 0. The highest BCUT2D eigenvalue weighted by Crippen LogP contribution is 2.25.